The number of nitrogens with zero attached hydrogens (tertiary/aromatic N) is 4. The average molecular weight is 287 g/mol. The van der Waals surface area contributed by atoms with Crippen molar-refractivity contribution in [1.29, 1.82) is 0 Å². The van der Waals surface area contributed by atoms with E-state index in [2.05, 4.69) is 20.4 Å². The van der Waals surface area contributed by atoms with Crippen LogP contribution in [0.1, 0.15) is 19.8 Å². The first-order chi connectivity index (χ1) is 10.2. The molecule has 0 spiro atoms. The van der Waals surface area contributed by atoms with Crippen molar-refractivity contribution in [3.63, 3.8) is 0 Å². The van der Waals surface area contributed by atoms with E-state index < -0.39 is 0 Å². The minimum Gasteiger partial charge on any atom is -0.378 e. The first-order valence-electron chi connectivity index (χ1n) is 6.97. The van der Waals surface area contributed by atoms with Gasteiger partial charge < -0.3 is 10.1 Å². The normalized spacial score (nSPS) is 22.0. The summed E-state index contributed by atoms with van der Waals surface area (Å²) in [5, 5.41) is 6.98. The van der Waals surface area contributed by atoms with Crippen LogP contribution in [0.2, 0.25) is 0 Å². The van der Waals surface area contributed by atoms with Crippen LogP contribution in [0.3, 0.4) is 0 Å². The van der Waals surface area contributed by atoms with Crippen LogP contribution in [0, 0.1) is 5.92 Å². The first kappa shape index (κ1) is 13.7. The third kappa shape index (κ3) is 3.08. The highest BCUT2D eigenvalue weighted by atomic mass is 16.5. The van der Waals surface area contributed by atoms with Gasteiger partial charge in [-0.15, -0.1) is 0 Å². The van der Waals surface area contributed by atoms with Crippen molar-refractivity contribution >= 4 is 11.7 Å². The summed E-state index contributed by atoms with van der Waals surface area (Å²) in [6.07, 6.45) is 8.10. The molecule has 1 N–H and O–H groups in total. The standard InChI is InChI=1S/C14H17N5O2/c1-10-9-11(3-8-21-10)14(20)18-12-13(16-6-5-15-12)19-7-2-4-17-19/h2,4-7,10-11H,3,8-9H2,1H3,(H,15,18,20). The zero-order valence-corrected chi connectivity index (χ0v) is 11.8. The Morgan fingerprint density at radius 3 is 3.00 bits per heavy atom. The Labute approximate surface area is 122 Å². The van der Waals surface area contributed by atoms with Gasteiger partial charge in [-0.25, -0.2) is 14.6 Å². The lowest BCUT2D eigenvalue weighted by molar-refractivity contribution is -0.124. The lowest BCUT2D eigenvalue weighted by atomic mass is 9.95. The molecule has 2 aromatic rings. The SMILES string of the molecule is CC1CC(C(=O)Nc2nccnc2-n2cccn2)CCO1. The molecule has 7 nitrogen and oxygen atoms in total. The Hall–Kier alpha value is -2.28. The number of hydrogen-bond acceptors (Lipinski definition) is 5. The van der Waals surface area contributed by atoms with E-state index in [-0.39, 0.29) is 17.9 Å². The van der Waals surface area contributed by atoms with Gasteiger partial charge in [0.2, 0.25) is 5.91 Å². The largest absolute Gasteiger partial charge is 0.378 e. The molecule has 3 heterocycles. The van der Waals surface area contributed by atoms with Gasteiger partial charge in [0, 0.05) is 37.3 Å². The molecule has 2 unspecified atom stereocenters. The predicted octanol–water partition coefficient (Wildman–Crippen LogP) is 1.42. The fraction of sp³-hybridized carbons (Fsp3) is 0.429. The third-order valence-corrected chi connectivity index (χ3v) is 3.50. The summed E-state index contributed by atoms with van der Waals surface area (Å²) in [5.41, 5.74) is 0. The quantitative estimate of drug-likeness (QED) is 0.923. The summed E-state index contributed by atoms with van der Waals surface area (Å²) in [4.78, 5) is 20.8. The maximum atomic E-state index is 12.4. The summed E-state index contributed by atoms with van der Waals surface area (Å²) in [6.45, 7) is 2.60. The highest BCUT2D eigenvalue weighted by Crippen LogP contribution is 2.22. The van der Waals surface area contributed by atoms with Crippen molar-refractivity contribution in [3.8, 4) is 5.82 Å². The summed E-state index contributed by atoms with van der Waals surface area (Å²) in [5.74, 6) is 0.835. The number of carbonyl (C=O) groups is 1. The zero-order chi connectivity index (χ0) is 14.7. The molecule has 0 aromatic carbocycles. The van der Waals surface area contributed by atoms with Crippen molar-refractivity contribution in [1.82, 2.24) is 19.7 Å². The van der Waals surface area contributed by atoms with Crippen LogP contribution in [0.25, 0.3) is 5.82 Å². The second kappa shape index (κ2) is 6.01. The van der Waals surface area contributed by atoms with E-state index in [1.807, 2.05) is 6.92 Å². The molecule has 1 fully saturated rings. The molecule has 21 heavy (non-hydrogen) atoms. The lowest BCUT2D eigenvalue weighted by Gasteiger charge is -2.26. The Bertz CT molecular complexity index is 614. The molecule has 0 aliphatic carbocycles. The molecule has 1 saturated heterocycles. The summed E-state index contributed by atoms with van der Waals surface area (Å²) in [7, 11) is 0. The molecule has 1 aliphatic heterocycles. The van der Waals surface area contributed by atoms with Crippen molar-refractivity contribution < 1.29 is 9.53 Å². The maximum Gasteiger partial charge on any atom is 0.228 e. The van der Waals surface area contributed by atoms with E-state index in [1.165, 1.54) is 0 Å². The molecule has 7 heteroatoms. The minimum atomic E-state index is -0.0544. The number of anilines is 1. The zero-order valence-electron chi connectivity index (χ0n) is 11.8. The second-order valence-corrected chi connectivity index (χ2v) is 5.07. The van der Waals surface area contributed by atoms with Gasteiger partial charge in [-0.3, -0.25) is 4.79 Å². The molecule has 0 radical (unpaired) electrons. The van der Waals surface area contributed by atoms with Crippen LogP contribution in [0.5, 0.6) is 0 Å². The third-order valence-electron chi connectivity index (χ3n) is 3.50. The average Bonchev–Trinajstić information content (AvgIpc) is 3.02. The molecule has 2 aromatic heterocycles. The van der Waals surface area contributed by atoms with Crippen molar-refractivity contribution in [2.24, 2.45) is 5.92 Å². The molecular formula is C14H17N5O2. The number of ether oxygens (including phenoxy) is 1. The maximum absolute atomic E-state index is 12.4. The smallest absolute Gasteiger partial charge is 0.228 e. The lowest BCUT2D eigenvalue weighted by Crippen LogP contribution is -2.32. The van der Waals surface area contributed by atoms with E-state index in [0.29, 0.717) is 18.2 Å². The van der Waals surface area contributed by atoms with Gasteiger partial charge in [-0.2, -0.15) is 5.10 Å². The number of rotatable bonds is 3. The van der Waals surface area contributed by atoms with Crippen LogP contribution in [0.15, 0.2) is 30.9 Å². The minimum absolute atomic E-state index is 0.0425. The molecule has 3 rings (SSSR count). The highest BCUT2D eigenvalue weighted by molar-refractivity contribution is 5.93. The van der Waals surface area contributed by atoms with E-state index in [1.54, 1.807) is 35.5 Å². The number of hydrogen-bond donors (Lipinski definition) is 1. The Morgan fingerprint density at radius 2 is 2.24 bits per heavy atom. The van der Waals surface area contributed by atoms with Crippen LogP contribution in [-0.2, 0) is 9.53 Å². The molecular weight excluding hydrogens is 270 g/mol. The summed E-state index contributed by atoms with van der Waals surface area (Å²) >= 11 is 0. The highest BCUT2D eigenvalue weighted by Gasteiger charge is 2.26. The molecule has 1 amide bonds. The predicted molar refractivity (Wildman–Crippen MR) is 75.9 cm³/mol. The Balaban J connectivity index is 1.77. The van der Waals surface area contributed by atoms with Gasteiger partial charge in [0.15, 0.2) is 11.6 Å². The van der Waals surface area contributed by atoms with Gasteiger partial charge in [-0.05, 0) is 25.8 Å². The monoisotopic (exact) mass is 287 g/mol. The van der Waals surface area contributed by atoms with Crippen LogP contribution in [-0.4, -0.2) is 38.4 Å². The fourth-order valence-electron chi connectivity index (χ4n) is 2.44. The van der Waals surface area contributed by atoms with E-state index in [0.717, 1.165) is 12.8 Å². The Kier molecular flexibility index (Phi) is 3.92. The number of aromatic nitrogens is 4. The fourth-order valence-corrected chi connectivity index (χ4v) is 2.44. The second-order valence-electron chi connectivity index (χ2n) is 5.07. The number of amides is 1. The van der Waals surface area contributed by atoms with Gasteiger partial charge in [-0.1, -0.05) is 0 Å². The van der Waals surface area contributed by atoms with Crippen LogP contribution in [0.4, 0.5) is 5.82 Å². The molecule has 110 valence electrons. The molecule has 2 atom stereocenters. The van der Waals surface area contributed by atoms with E-state index in [9.17, 15) is 4.79 Å². The summed E-state index contributed by atoms with van der Waals surface area (Å²) in [6, 6.07) is 1.79. The number of carbonyl (C=O) groups excluding carboxylic acids is 1. The summed E-state index contributed by atoms with van der Waals surface area (Å²) < 4.78 is 7.05. The topological polar surface area (TPSA) is 81.9 Å². The van der Waals surface area contributed by atoms with Crippen molar-refractivity contribution in [3.05, 3.63) is 30.9 Å². The number of nitrogens with one attached hydrogen (secondary N) is 1. The van der Waals surface area contributed by atoms with Gasteiger partial charge >= 0.3 is 0 Å². The van der Waals surface area contributed by atoms with E-state index in [4.69, 9.17) is 4.74 Å². The van der Waals surface area contributed by atoms with Gasteiger partial charge in [0.05, 0.1) is 6.10 Å². The van der Waals surface area contributed by atoms with Gasteiger partial charge in [0.25, 0.3) is 0 Å². The van der Waals surface area contributed by atoms with Crippen molar-refractivity contribution in [2.45, 2.75) is 25.9 Å². The molecule has 0 bridgehead atoms. The van der Waals surface area contributed by atoms with E-state index >= 15 is 0 Å². The molecule has 1 aliphatic rings. The van der Waals surface area contributed by atoms with Gasteiger partial charge in [0.1, 0.15) is 0 Å². The molecule has 0 saturated carbocycles. The Morgan fingerprint density at radius 1 is 1.38 bits per heavy atom. The first-order valence-corrected chi connectivity index (χ1v) is 6.97. The van der Waals surface area contributed by atoms with Crippen molar-refractivity contribution in [2.75, 3.05) is 11.9 Å². The van der Waals surface area contributed by atoms with Crippen LogP contribution >= 0.6 is 0 Å². The van der Waals surface area contributed by atoms with Crippen LogP contribution < -0.4 is 5.32 Å².